The number of thiazole rings is 1. The van der Waals surface area contributed by atoms with E-state index in [1.54, 1.807) is 18.4 Å². The van der Waals surface area contributed by atoms with Crippen molar-refractivity contribution in [2.45, 2.75) is 22.2 Å². The summed E-state index contributed by atoms with van der Waals surface area (Å²) < 4.78 is 6.23. The highest BCUT2D eigenvalue weighted by molar-refractivity contribution is 8.01. The summed E-state index contributed by atoms with van der Waals surface area (Å²) in [5, 5.41) is 16.0. The summed E-state index contributed by atoms with van der Waals surface area (Å²) in [6, 6.07) is 7.76. The average molecular weight is 433 g/mol. The van der Waals surface area contributed by atoms with Crippen molar-refractivity contribution in [2.24, 2.45) is 0 Å². The number of hydrogen-bond donors (Lipinski definition) is 1. The van der Waals surface area contributed by atoms with Gasteiger partial charge in [0.25, 0.3) is 11.6 Å². The number of benzene rings is 1. The highest BCUT2D eigenvalue weighted by atomic mass is 32.2. The second-order valence-electron chi connectivity index (χ2n) is 6.50. The molecule has 8 nitrogen and oxygen atoms in total. The second-order valence-corrected chi connectivity index (χ2v) is 8.65. The van der Waals surface area contributed by atoms with Crippen LogP contribution in [0.25, 0.3) is 0 Å². The van der Waals surface area contributed by atoms with E-state index in [-0.39, 0.29) is 23.2 Å². The number of aryl methyl sites for hydroxylation is 1. The second kappa shape index (κ2) is 9.21. The first-order valence-electron chi connectivity index (χ1n) is 8.71. The first kappa shape index (κ1) is 21.0. The third-order valence-electron chi connectivity index (χ3n) is 4.16. The summed E-state index contributed by atoms with van der Waals surface area (Å²) in [6.45, 7) is 2.18. The summed E-state index contributed by atoms with van der Waals surface area (Å²) >= 11 is 2.78. The topological polar surface area (TPSA) is 102 Å². The maximum Gasteiger partial charge on any atom is 0.270 e. The van der Waals surface area contributed by atoms with Gasteiger partial charge in [0.05, 0.1) is 22.8 Å². The molecule has 29 heavy (non-hydrogen) atoms. The maximum atomic E-state index is 12.9. The van der Waals surface area contributed by atoms with Gasteiger partial charge in [-0.1, -0.05) is 11.8 Å². The van der Waals surface area contributed by atoms with Crippen molar-refractivity contribution >= 4 is 34.7 Å². The highest BCUT2D eigenvalue weighted by Crippen LogP contribution is 2.34. The lowest BCUT2D eigenvalue weighted by atomic mass is 10.1. The predicted octanol–water partition coefficient (Wildman–Crippen LogP) is 4.14. The molecule has 0 bridgehead atoms. The largest absolute Gasteiger partial charge is 0.468 e. The van der Waals surface area contributed by atoms with Gasteiger partial charge in [0.2, 0.25) is 0 Å². The van der Waals surface area contributed by atoms with Gasteiger partial charge in [-0.2, -0.15) is 0 Å². The molecule has 10 heteroatoms. The number of nitrogens with zero attached hydrogens (tertiary/aromatic N) is 3. The van der Waals surface area contributed by atoms with Gasteiger partial charge in [0, 0.05) is 34.6 Å². The van der Waals surface area contributed by atoms with Gasteiger partial charge < -0.3 is 9.73 Å². The molecule has 3 aromatic rings. The Balaban J connectivity index is 1.83. The van der Waals surface area contributed by atoms with E-state index in [4.69, 9.17) is 4.42 Å². The number of amides is 1. The van der Waals surface area contributed by atoms with E-state index >= 15 is 0 Å². The van der Waals surface area contributed by atoms with Crippen LogP contribution in [-0.4, -0.2) is 41.4 Å². The number of carbonyl (C=O) groups is 1. The van der Waals surface area contributed by atoms with E-state index in [0.717, 1.165) is 15.8 Å². The van der Waals surface area contributed by atoms with Crippen LogP contribution >= 0.6 is 23.1 Å². The lowest BCUT2D eigenvalue weighted by Gasteiger charge is -2.22. The molecule has 1 atom stereocenters. The van der Waals surface area contributed by atoms with Crippen LogP contribution in [0.1, 0.15) is 27.9 Å². The zero-order chi connectivity index (χ0) is 21.0. The van der Waals surface area contributed by atoms with Gasteiger partial charge in [-0.15, -0.1) is 11.3 Å². The Kier molecular flexibility index (Phi) is 6.68. The molecule has 0 saturated carbocycles. The Morgan fingerprint density at radius 3 is 2.79 bits per heavy atom. The Morgan fingerprint density at radius 1 is 1.41 bits per heavy atom. The molecule has 2 aromatic heterocycles. The Morgan fingerprint density at radius 2 is 2.21 bits per heavy atom. The van der Waals surface area contributed by atoms with E-state index in [9.17, 15) is 14.9 Å². The molecule has 3 rings (SSSR count). The van der Waals surface area contributed by atoms with Crippen LogP contribution in [0.5, 0.6) is 0 Å². The van der Waals surface area contributed by atoms with Crippen molar-refractivity contribution in [1.29, 1.82) is 0 Å². The quantitative estimate of drug-likeness (QED) is 0.422. The molecule has 1 N–H and O–H groups in total. The van der Waals surface area contributed by atoms with Crippen LogP contribution in [-0.2, 0) is 0 Å². The third kappa shape index (κ3) is 5.22. The number of hydrogen-bond acceptors (Lipinski definition) is 8. The van der Waals surface area contributed by atoms with Crippen molar-refractivity contribution in [3.05, 3.63) is 69.1 Å². The van der Waals surface area contributed by atoms with Crippen LogP contribution in [0, 0.1) is 17.0 Å². The van der Waals surface area contributed by atoms with E-state index in [1.165, 1.54) is 35.2 Å². The Labute approximate surface area is 176 Å². The fourth-order valence-electron chi connectivity index (χ4n) is 2.67. The standard InChI is InChI=1S/C19H20N4O4S2/c1-12-11-28-19(21-12)29-17-7-6-13(23(25)26)9-14(17)18(24)20-10-15(22(2)3)16-5-4-8-27-16/h4-9,11,15H,10H2,1-3H3,(H,20,24). The Hall–Kier alpha value is -2.69. The van der Waals surface area contributed by atoms with Crippen LogP contribution in [0.3, 0.4) is 0 Å². The number of aromatic nitrogens is 1. The van der Waals surface area contributed by atoms with Gasteiger partial charge in [-0.3, -0.25) is 19.8 Å². The molecular formula is C19H20N4O4S2. The summed E-state index contributed by atoms with van der Waals surface area (Å²) in [5.41, 5.74) is 0.997. The smallest absolute Gasteiger partial charge is 0.270 e. The fraction of sp³-hybridized carbons (Fsp3) is 0.263. The molecule has 0 aliphatic rings. The minimum absolute atomic E-state index is 0.134. The molecular weight excluding hydrogens is 412 g/mol. The molecule has 0 aliphatic carbocycles. The summed E-state index contributed by atoms with van der Waals surface area (Å²) in [6.07, 6.45) is 1.58. The molecule has 0 saturated heterocycles. The van der Waals surface area contributed by atoms with Gasteiger partial charge in [0.15, 0.2) is 4.34 Å². The monoisotopic (exact) mass is 432 g/mol. The summed E-state index contributed by atoms with van der Waals surface area (Å²) in [4.78, 5) is 30.5. The van der Waals surface area contributed by atoms with Crippen molar-refractivity contribution in [3.63, 3.8) is 0 Å². The van der Waals surface area contributed by atoms with Crippen molar-refractivity contribution in [3.8, 4) is 0 Å². The van der Waals surface area contributed by atoms with Crippen LogP contribution in [0.4, 0.5) is 5.69 Å². The third-order valence-corrected chi connectivity index (χ3v) is 6.30. The zero-order valence-electron chi connectivity index (χ0n) is 16.1. The minimum atomic E-state index is -0.510. The van der Waals surface area contributed by atoms with Crippen molar-refractivity contribution in [2.75, 3.05) is 20.6 Å². The first-order chi connectivity index (χ1) is 13.8. The van der Waals surface area contributed by atoms with Gasteiger partial charge in [-0.25, -0.2) is 4.98 Å². The molecule has 1 aromatic carbocycles. The number of rotatable bonds is 8. The molecule has 1 unspecified atom stereocenters. The normalized spacial score (nSPS) is 12.1. The van der Waals surface area contributed by atoms with Gasteiger partial charge in [-0.05, 0) is 39.2 Å². The van der Waals surface area contributed by atoms with Crippen LogP contribution in [0.2, 0.25) is 0 Å². The van der Waals surface area contributed by atoms with Gasteiger partial charge >= 0.3 is 0 Å². The zero-order valence-corrected chi connectivity index (χ0v) is 17.8. The molecule has 2 heterocycles. The summed E-state index contributed by atoms with van der Waals surface area (Å²) in [7, 11) is 3.78. The van der Waals surface area contributed by atoms with E-state index in [0.29, 0.717) is 11.4 Å². The maximum absolute atomic E-state index is 12.9. The Bertz CT molecular complexity index is 1000. The number of furan rings is 1. The average Bonchev–Trinajstić information content (AvgIpc) is 3.33. The number of non-ortho nitro benzene ring substituents is 1. The number of nitro groups is 1. The van der Waals surface area contributed by atoms with Crippen molar-refractivity contribution in [1.82, 2.24) is 15.2 Å². The van der Waals surface area contributed by atoms with E-state index < -0.39 is 4.92 Å². The number of likely N-dealkylation sites (N-methyl/N-ethyl adjacent to an activating group) is 1. The lowest BCUT2D eigenvalue weighted by Crippen LogP contribution is -2.34. The van der Waals surface area contributed by atoms with Crippen LogP contribution < -0.4 is 5.32 Å². The fourth-order valence-corrected chi connectivity index (χ4v) is 4.58. The number of nitro benzene ring substituents is 1. The molecule has 0 fully saturated rings. The van der Waals surface area contributed by atoms with E-state index in [1.807, 2.05) is 37.4 Å². The van der Waals surface area contributed by atoms with Crippen molar-refractivity contribution < 1.29 is 14.1 Å². The molecule has 1 amide bonds. The van der Waals surface area contributed by atoms with Crippen LogP contribution in [0.15, 0.2) is 55.6 Å². The lowest BCUT2D eigenvalue weighted by molar-refractivity contribution is -0.384. The molecule has 0 radical (unpaired) electrons. The molecule has 152 valence electrons. The summed E-state index contributed by atoms with van der Waals surface area (Å²) in [5.74, 6) is 0.338. The number of nitrogens with one attached hydrogen (secondary N) is 1. The SMILES string of the molecule is Cc1csc(Sc2ccc([N+](=O)[O-])cc2C(=O)NCC(c2ccco2)N(C)C)n1. The number of carbonyl (C=O) groups excluding carboxylic acids is 1. The highest BCUT2D eigenvalue weighted by Gasteiger charge is 2.22. The predicted molar refractivity (Wildman–Crippen MR) is 112 cm³/mol. The van der Waals surface area contributed by atoms with Gasteiger partial charge in [0.1, 0.15) is 5.76 Å². The minimum Gasteiger partial charge on any atom is -0.468 e. The first-order valence-corrected chi connectivity index (χ1v) is 10.4. The molecule has 0 spiro atoms. The molecule has 0 aliphatic heterocycles. The van der Waals surface area contributed by atoms with E-state index in [2.05, 4.69) is 10.3 Å².